The van der Waals surface area contributed by atoms with Crippen LogP contribution >= 0.6 is 0 Å². The van der Waals surface area contributed by atoms with Crippen molar-refractivity contribution in [1.82, 2.24) is 0 Å². The fourth-order valence-electron chi connectivity index (χ4n) is 2.58. The number of hydrogen-bond donors (Lipinski definition) is 4. The van der Waals surface area contributed by atoms with E-state index in [2.05, 4.69) is 0 Å². The fraction of sp³-hybridized carbons (Fsp3) is 0.190. The van der Waals surface area contributed by atoms with E-state index in [0.29, 0.717) is 23.3 Å². The molecule has 0 fully saturated rings. The van der Waals surface area contributed by atoms with E-state index in [1.807, 2.05) is 19.9 Å². The quantitative estimate of drug-likeness (QED) is 0.345. The molecule has 0 heterocycles. The van der Waals surface area contributed by atoms with Crippen LogP contribution in [0.1, 0.15) is 40.9 Å². The minimum Gasteiger partial charge on any atom is -0.507 e. The SMILES string of the molecule is COc1cc(/C=C/c2ccc(O)c(O)c2)c(C(=O)O)c(O)c1CC=C(C)C. The molecule has 0 saturated carbocycles. The lowest BCUT2D eigenvalue weighted by atomic mass is 9.97. The monoisotopic (exact) mass is 370 g/mol. The lowest BCUT2D eigenvalue weighted by Gasteiger charge is -2.14. The Morgan fingerprint density at radius 2 is 1.78 bits per heavy atom. The van der Waals surface area contributed by atoms with Gasteiger partial charge in [-0.15, -0.1) is 0 Å². The summed E-state index contributed by atoms with van der Waals surface area (Å²) in [5.41, 5.74) is 2.01. The van der Waals surface area contributed by atoms with Gasteiger partial charge in [0.1, 0.15) is 17.1 Å². The molecule has 142 valence electrons. The third-order valence-electron chi connectivity index (χ3n) is 4.00. The van der Waals surface area contributed by atoms with Gasteiger partial charge in [-0.25, -0.2) is 4.79 Å². The van der Waals surface area contributed by atoms with Gasteiger partial charge in [-0.3, -0.25) is 0 Å². The van der Waals surface area contributed by atoms with E-state index in [4.69, 9.17) is 4.74 Å². The summed E-state index contributed by atoms with van der Waals surface area (Å²) in [5, 5.41) is 39.0. The van der Waals surface area contributed by atoms with Gasteiger partial charge in [0.25, 0.3) is 0 Å². The summed E-state index contributed by atoms with van der Waals surface area (Å²) in [5.74, 6) is -1.76. The van der Waals surface area contributed by atoms with Crippen LogP contribution in [0.3, 0.4) is 0 Å². The van der Waals surface area contributed by atoms with Crippen LogP contribution in [0.15, 0.2) is 35.9 Å². The Morgan fingerprint density at radius 1 is 1.07 bits per heavy atom. The van der Waals surface area contributed by atoms with Crippen LogP contribution in [-0.4, -0.2) is 33.5 Å². The molecule has 0 aliphatic heterocycles. The number of aromatic hydroxyl groups is 3. The van der Waals surface area contributed by atoms with Gasteiger partial charge in [0.15, 0.2) is 11.5 Å². The zero-order valence-electron chi connectivity index (χ0n) is 15.4. The molecule has 4 N–H and O–H groups in total. The number of methoxy groups -OCH3 is 1. The normalized spacial score (nSPS) is 10.8. The number of carbonyl (C=O) groups is 1. The Labute approximate surface area is 157 Å². The Morgan fingerprint density at radius 3 is 2.33 bits per heavy atom. The van der Waals surface area contributed by atoms with Gasteiger partial charge >= 0.3 is 5.97 Å². The van der Waals surface area contributed by atoms with E-state index in [9.17, 15) is 25.2 Å². The molecular weight excluding hydrogens is 348 g/mol. The predicted molar refractivity (Wildman–Crippen MR) is 103 cm³/mol. The van der Waals surface area contributed by atoms with Crippen LogP contribution in [-0.2, 0) is 6.42 Å². The molecular formula is C21H22O6. The van der Waals surface area contributed by atoms with Crippen molar-refractivity contribution in [2.75, 3.05) is 7.11 Å². The molecule has 2 aromatic rings. The van der Waals surface area contributed by atoms with E-state index in [1.54, 1.807) is 18.2 Å². The molecule has 0 atom stereocenters. The van der Waals surface area contributed by atoms with Crippen LogP contribution in [0.2, 0.25) is 0 Å². The molecule has 0 amide bonds. The van der Waals surface area contributed by atoms with Gasteiger partial charge in [-0.05, 0) is 49.6 Å². The molecule has 27 heavy (non-hydrogen) atoms. The highest BCUT2D eigenvalue weighted by Crippen LogP contribution is 2.36. The standard InChI is InChI=1S/C21H22O6/c1-12(2)4-8-15-18(27-3)11-14(19(20(15)24)21(25)26)7-5-13-6-9-16(22)17(23)10-13/h4-7,9-11,22-24H,8H2,1-3H3,(H,25,26)/b7-5+. The molecule has 0 unspecified atom stereocenters. The maximum atomic E-state index is 11.7. The number of rotatable bonds is 6. The van der Waals surface area contributed by atoms with Crippen LogP contribution in [0, 0.1) is 0 Å². The Bertz CT molecular complexity index is 921. The van der Waals surface area contributed by atoms with Crippen molar-refractivity contribution in [3.05, 3.63) is 58.2 Å². The molecule has 0 aliphatic carbocycles. The highest BCUT2D eigenvalue weighted by atomic mass is 16.5. The number of hydrogen-bond acceptors (Lipinski definition) is 5. The molecule has 0 bridgehead atoms. The number of carboxylic acids is 1. The van der Waals surface area contributed by atoms with Crippen molar-refractivity contribution < 1.29 is 30.0 Å². The number of carboxylic acid groups (broad SMARTS) is 1. The summed E-state index contributed by atoms with van der Waals surface area (Å²) in [6.45, 7) is 3.82. The van der Waals surface area contributed by atoms with Crippen molar-refractivity contribution in [3.8, 4) is 23.0 Å². The minimum absolute atomic E-state index is 0.229. The molecule has 0 saturated heterocycles. The second-order valence-electron chi connectivity index (χ2n) is 6.24. The summed E-state index contributed by atoms with van der Waals surface area (Å²) in [4.78, 5) is 11.7. The average Bonchev–Trinajstić information content (AvgIpc) is 2.60. The first-order valence-electron chi connectivity index (χ1n) is 8.24. The van der Waals surface area contributed by atoms with E-state index < -0.39 is 5.97 Å². The summed E-state index contributed by atoms with van der Waals surface area (Å²) < 4.78 is 5.33. The third-order valence-corrected chi connectivity index (χ3v) is 4.00. The minimum atomic E-state index is -1.26. The van der Waals surface area contributed by atoms with E-state index in [1.165, 1.54) is 25.3 Å². The number of benzene rings is 2. The van der Waals surface area contributed by atoms with Crippen LogP contribution < -0.4 is 4.74 Å². The lowest BCUT2D eigenvalue weighted by Crippen LogP contribution is -2.04. The maximum absolute atomic E-state index is 11.7. The van der Waals surface area contributed by atoms with E-state index in [-0.39, 0.29) is 28.4 Å². The first-order chi connectivity index (χ1) is 12.7. The Balaban J connectivity index is 2.56. The molecule has 0 aromatic heterocycles. The van der Waals surface area contributed by atoms with Gasteiger partial charge in [0.05, 0.1) is 7.11 Å². The van der Waals surface area contributed by atoms with Gasteiger partial charge in [0, 0.05) is 5.56 Å². The van der Waals surface area contributed by atoms with Gasteiger partial charge in [-0.1, -0.05) is 29.9 Å². The number of allylic oxidation sites excluding steroid dienone is 2. The molecule has 0 radical (unpaired) electrons. The first kappa shape index (κ1) is 19.9. The van der Waals surface area contributed by atoms with Crippen molar-refractivity contribution in [2.45, 2.75) is 20.3 Å². The molecule has 0 spiro atoms. The predicted octanol–water partition coefficient (Wildman–Crippen LogP) is 4.19. The highest BCUT2D eigenvalue weighted by Gasteiger charge is 2.21. The second-order valence-corrected chi connectivity index (χ2v) is 6.24. The van der Waals surface area contributed by atoms with Crippen LogP contribution in [0.5, 0.6) is 23.0 Å². The summed E-state index contributed by atoms with van der Waals surface area (Å²) >= 11 is 0. The van der Waals surface area contributed by atoms with Gasteiger partial charge in [-0.2, -0.15) is 0 Å². The average molecular weight is 370 g/mol. The first-order valence-corrected chi connectivity index (χ1v) is 8.24. The van der Waals surface area contributed by atoms with Crippen molar-refractivity contribution in [1.29, 1.82) is 0 Å². The third kappa shape index (κ3) is 4.61. The molecule has 6 nitrogen and oxygen atoms in total. The Kier molecular flexibility index (Phi) is 6.13. The van der Waals surface area contributed by atoms with Crippen molar-refractivity contribution in [2.24, 2.45) is 0 Å². The summed E-state index contributed by atoms with van der Waals surface area (Å²) in [7, 11) is 1.45. The highest BCUT2D eigenvalue weighted by molar-refractivity contribution is 5.97. The Hall–Kier alpha value is -3.41. The largest absolute Gasteiger partial charge is 0.507 e. The fourth-order valence-corrected chi connectivity index (χ4v) is 2.58. The number of phenolic OH excluding ortho intramolecular Hbond substituents is 2. The zero-order chi connectivity index (χ0) is 20.1. The van der Waals surface area contributed by atoms with E-state index >= 15 is 0 Å². The lowest BCUT2D eigenvalue weighted by molar-refractivity contribution is 0.0693. The molecule has 0 aliphatic rings. The topological polar surface area (TPSA) is 107 Å². The van der Waals surface area contributed by atoms with Crippen molar-refractivity contribution in [3.63, 3.8) is 0 Å². The summed E-state index contributed by atoms with van der Waals surface area (Å²) in [6.07, 6.45) is 5.28. The summed E-state index contributed by atoms with van der Waals surface area (Å²) in [6, 6.07) is 5.78. The number of phenols is 3. The maximum Gasteiger partial charge on any atom is 0.340 e. The zero-order valence-corrected chi connectivity index (χ0v) is 15.4. The molecule has 6 heteroatoms. The van der Waals surface area contributed by atoms with Gasteiger partial charge in [0.2, 0.25) is 0 Å². The number of aromatic carboxylic acids is 1. The molecule has 2 rings (SSSR count). The van der Waals surface area contributed by atoms with E-state index in [0.717, 1.165) is 5.57 Å². The molecule has 2 aromatic carbocycles. The number of ether oxygens (including phenoxy) is 1. The van der Waals surface area contributed by atoms with Crippen molar-refractivity contribution >= 4 is 18.1 Å². The smallest absolute Gasteiger partial charge is 0.340 e. The second kappa shape index (κ2) is 8.31. The van der Waals surface area contributed by atoms with Crippen LogP contribution in [0.4, 0.5) is 0 Å². The van der Waals surface area contributed by atoms with Gasteiger partial charge < -0.3 is 25.2 Å². The van der Waals surface area contributed by atoms with Crippen LogP contribution in [0.25, 0.3) is 12.2 Å².